The lowest BCUT2D eigenvalue weighted by Crippen LogP contribution is -2.31. The van der Waals surface area contributed by atoms with Gasteiger partial charge in [-0.2, -0.15) is 26.3 Å². The first-order valence-corrected chi connectivity index (χ1v) is 11.9. The molecule has 1 aromatic heterocycles. The highest BCUT2D eigenvalue weighted by Crippen LogP contribution is 2.45. The van der Waals surface area contributed by atoms with Gasteiger partial charge in [0.1, 0.15) is 0 Å². The fraction of sp³-hybridized carbons (Fsp3) is 0.429. The fourth-order valence-electron chi connectivity index (χ4n) is 4.57. The molecule has 1 aliphatic heterocycles. The second-order valence-corrected chi connectivity index (χ2v) is 10.1. The largest absolute Gasteiger partial charge is 0.417 e. The predicted molar refractivity (Wildman–Crippen MR) is 110 cm³/mol. The number of rotatable bonds is 2. The van der Waals surface area contributed by atoms with Crippen molar-refractivity contribution in [3.63, 3.8) is 0 Å². The molecule has 4 rings (SSSR count). The minimum absolute atomic E-state index is 0.0173. The maximum Gasteiger partial charge on any atom is 0.417 e. The Kier molecular flexibility index (Phi) is 5.69. The molecule has 1 saturated heterocycles. The smallest absolute Gasteiger partial charge is 0.390 e. The molecule has 0 radical (unpaired) electrons. The minimum Gasteiger partial charge on any atom is -0.390 e. The molecule has 2 atom stereocenters. The highest BCUT2D eigenvalue weighted by atomic mass is 32.2. The molecular formula is C21H20F6N2O3S. The van der Waals surface area contributed by atoms with E-state index >= 15 is 0 Å². The van der Waals surface area contributed by atoms with Gasteiger partial charge in [-0.15, -0.1) is 0 Å². The standard InChI is InChI=1S/C21H20F6N2O3S/c1-33(31,32)19-13(21(25,26)27)5-7-16-18(19)12-9-11(20(22,23)24)4-6-14(12)29(16)15-3-2-8-28-10-17(15)30/h4-7,9,15,17,28,30H,2-3,8,10H2,1H3/t15?,17-/m0/s1. The average molecular weight is 494 g/mol. The molecule has 180 valence electrons. The number of halogens is 6. The van der Waals surface area contributed by atoms with Crippen LogP contribution in [0, 0.1) is 0 Å². The summed E-state index contributed by atoms with van der Waals surface area (Å²) in [5.74, 6) is 0. The summed E-state index contributed by atoms with van der Waals surface area (Å²) in [5.41, 5.74) is -2.43. The van der Waals surface area contributed by atoms with E-state index in [9.17, 15) is 39.9 Å². The van der Waals surface area contributed by atoms with Crippen LogP contribution in [-0.2, 0) is 22.2 Å². The van der Waals surface area contributed by atoms with Gasteiger partial charge in [0.05, 0.1) is 33.7 Å². The van der Waals surface area contributed by atoms with E-state index in [0.29, 0.717) is 37.8 Å². The van der Waals surface area contributed by atoms with E-state index in [-0.39, 0.29) is 23.0 Å². The van der Waals surface area contributed by atoms with Crippen molar-refractivity contribution >= 4 is 31.6 Å². The molecule has 5 nitrogen and oxygen atoms in total. The van der Waals surface area contributed by atoms with Crippen molar-refractivity contribution in [2.75, 3.05) is 19.3 Å². The van der Waals surface area contributed by atoms with E-state index in [1.54, 1.807) is 0 Å². The van der Waals surface area contributed by atoms with Crippen LogP contribution in [0.25, 0.3) is 21.8 Å². The molecule has 1 unspecified atom stereocenters. The van der Waals surface area contributed by atoms with Gasteiger partial charge in [-0.1, -0.05) is 0 Å². The molecule has 2 aromatic carbocycles. The number of β-amino-alcohol motifs (C(OH)–C–C–N with tert-alkyl or cyclic N) is 1. The summed E-state index contributed by atoms with van der Waals surface area (Å²) in [6.45, 7) is 0.752. The molecule has 1 fully saturated rings. The van der Waals surface area contributed by atoms with Gasteiger partial charge in [0, 0.05) is 29.1 Å². The molecule has 0 spiro atoms. The van der Waals surface area contributed by atoms with Crippen LogP contribution in [0.1, 0.15) is 30.0 Å². The van der Waals surface area contributed by atoms with Crippen molar-refractivity contribution in [1.29, 1.82) is 0 Å². The Labute approximate surface area is 184 Å². The Hall–Kier alpha value is -2.31. The average Bonchev–Trinajstić information content (AvgIpc) is 2.86. The van der Waals surface area contributed by atoms with Gasteiger partial charge >= 0.3 is 12.4 Å². The summed E-state index contributed by atoms with van der Waals surface area (Å²) in [6, 6.07) is 3.59. The van der Waals surface area contributed by atoms with Crippen molar-refractivity contribution < 1.29 is 39.9 Å². The minimum atomic E-state index is -5.05. The third-order valence-electron chi connectivity index (χ3n) is 5.91. The summed E-state index contributed by atoms with van der Waals surface area (Å²) in [7, 11) is -4.51. The lowest BCUT2D eigenvalue weighted by molar-refractivity contribution is -0.140. The molecule has 0 bridgehead atoms. The van der Waals surface area contributed by atoms with Gasteiger partial charge in [0.15, 0.2) is 9.84 Å². The lowest BCUT2D eigenvalue weighted by Gasteiger charge is -2.24. The van der Waals surface area contributed by atoms with Gasteiger partial charge in [0.25, 0.3) is 0 Å². The zero-order valence-corrected chi connectivity index (χ0v) is 18.1. The normalized spacial score (nSPS) is 21.0. The first-order valence-electron chi connectivity index (χ1n) is 10.0. The van der Waals surface area contributed by atoms with Crippen LogP contribution >= 0.6 is 0 Å². The summed E-state index contributed by atoms with van der Waals surface area (Å²) < 4.78 is 108. The second kappa shape index (κ2) is 7.88. The maximum absolute atomic E-state index is 13.8. The van der Waals surface area contributed by atoms with Crippen LogP contribution < -0.4 is 5.32 Å². The van der Waals surface area contributed by atoms with Gasteiger partial charge in [0.2, 0.25) is 0 Å². The molecule has 2 heterocycles. The molecule has 1 aliphatic rings. The highest BCUT2D eigenvalue weighted by Gasteiger charge is 2.39. The molecule has 2 N–H and O–H groups in total. The van der Waals surface area contributed by atoms with Gasteiger partial charge < -0.3 is 15.0 Å². The van der Waals surface area contributed by atoms with Gasteiger partial charge in [-0.05, 0) is 49.7 Å². The van der Waals surface area contributed by atoms with Crippen LogP contribution in [0.5, 0.6) is 0 Å². The monoisotopic (exact) mass is 494 g/mol. The number of sulfone groups is 1. The fourth-order valence-corrected chi connectivity index (χ4v) is 5.74. The molecule has 0 saturated carbocycles. The Balaban J connectivity index is 2.21. The first-order chi connectivity index (χ1) is 15.2. The Morgan fingerprint density at radius 1 is 1.03 bits per heavy atom. The van der Waals surface area contributed by atoms with Crippen molar-refractivity contribution in [2.45, 2.75) is 42.2 Å². The SMILES string of the molecule is CS(=O)(=O)c1c(C(F)(F)F)ccc2c1c1cc(C(F)(F)F)ccc1n2C1CCCNC[C@@H]1O. The number of aliphatic hydroxyl groups is 1. The Morgan fingerprint density at radius 2 is 1.70 bits per heavy atom. The number of nitrogens with zero attached hydrogens (tertiary/aromatic N) is 1. The molecule has 3 aromatic rings. The number of benzene rings is 2. The number of fused-ring (bicyclic) bond motifs is 3. The topological polar surface area (TPSA) is 71.3 Å². The van der Waals surface area contributed by atoms with Crippen molar-refractivity contribution in [2.24, 2.45) is 0 Å². The van der Waals surface area contributed by atoms with E-state index in [0.717, 1.165) is 18.2 Å². The summed E-state index contributed by atoms with van der Waals surface area (Å²) in [6.07, 6.45) is -9.24. The van der Waals surface area contributed by atoms with Gasteiger partial charge in [-0.3, -0.25) is 0 Å². The maximum atomic E-state index is 13.8. The Morgan fingerprint density at radius 3 is 2.30 bits per heavy atom. The van der Waals surface area contributed by atoms with Crippen LogP contribution in [0.3, 0.4) is 0 Å². The lowest BCUT2D eigenvalue weighted by atomic mass is 10.1. The second-order valence-electron chi connectivity index (χ2n) is 8.19. The predicted octanol–water partition coefficient (Wildman–Crippen LogP) is 4.52. The molecule has 0 amide bonds. The summed E-state index contributed by atoms with van der Waals surface area (Å²) in [5, 5.41) is 13.0. The van der Waals surface area contributed by atoms with E-state index in [2.05, 4.69) is 5.32 Å². The van der Waals surface area contributed by atoms with Crippen LogP contribution in [0.2, 0.25) is 0 Å². The zero-order valence-electron chi connectivity index (χ0n) is 17.3. The van der Waals surface area contributed by atoms with Crippen LogP contribution in [0.15, 0.2) is 35.2 Å². The summed E-state index contributed by atoms with van der Waals surface area (Å²) >= 11 is 0. The molecule has 0 aliphatic carbocycles. The third-order valence-corrected chi connectivity index (χ3v) is 7.07. The van der Waals surface area contributed by atoms with E-state index in [1.807, 2.05) is 0 Å². The van der Waals surface area contributed by atoms with Crippen molar-refractivity contribution in [3.8, 4) is 0 Å². The number of aromatic nitrogens is 1. The van der Waals surface area contributed by atoms with Crippen LogP contribution in [-0.4, -0.2) is 43.5 Å². The van der Waals surface area contributed by atoms with Crippen molar-refractivity contribution in [3.05, 3.63) is 41.5 Å². The van der Waals surface area contributed by atoms with E-state index in [4.69, 9.17) is 0 Å². The number of hydrogen-bond donors (Lipinski definition) is 2. The number of alkyl halides is 6. The quantitative estimate of drug-likeness (QED) is 0.514. The summed E-state index contributed by atoms with van der Waals surface area (Å²) in [4.78, 5) is -1.07. The zero-order chi connectivity index (χ0) is 24.3. The van der Waals surface area contributed by atoms with Crippen molar-refractivity contribution in [1.82, 2.24) is 9.88 Å². The molecule has 12 heteroatoms. The van der Waals surface area contributed by atoms with Gasteiger partial charge in [-0.25, -0.2) is 8.42 Å². The highest BCUT2D eigenvalue weighted by molar-refractivity contribution is 7.91. The number of hydrogen-bond acceptors (Lipinski definition) is 4. The molecular weight excluding hydrogens is 474 g/mol. The molecule has 33 heavy (non-hydrogen) atoms. The van der Waals surface area contributed by atoms with E-state index < -0.39 is 55.7 Å². The van der Waals surface area contributed by atoms with Crippen LogP contribution in [0.4, 0.5) is 26.3 Å². The third kappa shape index (κ3) is 4.19. The first kappa shape index (κ1) is 23.8. The van der Waals surface area contributed by atoms with E-state index in [1.165, 1.54) is 4.57 Å². The number of aliphatic hydroxyl groups excluding tert-OH is 1. The number of nitrogens with one attached hydrogen (secondary N) is 1. The Bertz CT molecular complexity index is 1330.